The van der Waals surface area contributed by atoms with Gasteiger partial charge < -0.3 is 19.7 Å². The molecule has 3 heterocycles. The van der Waals surface area contributed by atoms with Crippen LogP contribution in [-0.2, 0) is 22.3 Å². The molecule has 0 radical (unpaired) electrons. The number of ether oxygens (including phenoxy) is 2. The topological polar surface area (TPSA) is 79.8 Å². The Kier molecular flexibility index (Phi) is 7.87. The van der Waals surface area contributed by atoms with E-state index < -0.39 is 23.9 Å². The Balaban J connectivity index is 1.41. The highest BCUT2D eigenvalue weighted by Gasteiger charge is 2.39. The van der Waals surface area contributed by atoms with Gasteiger partial charge in [-0.2, -0.15) is 13.2 Å². The molecule has 206 valence electrons. The van der Waals surface area contributed by atoms with E-state index in [0.717, 1.165) is 36.5 Å². The molecule has 1 N–H and O–H groups in total. The first-order valence-corrected chi connectivity index (χ1v) is 13.0. The number of hydrogen-bond acceptors (Lipinski definition) is 7. The molecule has 8 nitrogen and oxygen atoms in total. The van der Waals surface area contributed by atoms with Crippen LogP contribution >= 0.6 is 0 Å². The first kappa shape index (κ1) is 26.7. The Labute approximate surface area is 224 Å². The normalized spacial score (nSPS) is 19.4. The van der Waals surface area contributed by atoms with Crippen molar-refractivity contribution < 1.29 is 27.4 Å². The monoisotopic (exact) mass is 541 g/mol. The van der Waals surface area contributed by atoms with Crippen molar-refractivity contribution in [1.29, 1.82) is 0 Å². The predicted octanol–water partition coefficient (Wildman–Crippen LogP) is 5.81. The Bertz CT molecular complexity index is 1270. The smallest absolute Gasteiger partial charge is 0.416 e. The number of anilines is 3. The number of halogens is 3. The van der Waals surface area contributed by atoms with E-state index in [2.05, 4.69) is 20.2 Å². The standard InChI is InChI=1S/C28H30F3N5O3/c1-2-21-15-24(34-26-32-16-22(17-33-26)35-10-12-38-13-11-35)23-14-20(28(29,30)31)8-9-25(23)36(21)27(37)39-18-19-6-4-3-5-7-19/h3-9,14,16-17,21,24H,2,10-13,15,18H2,1H3,(H,32,33,34). The average Bonchev–Trinajstić information content (AvgIpc) is 2.96. The summed E-state index contributed by atoms with van der Waals surface area (Å²) in [6, 6.07) is 11.8. The van der Waals surface area contributed by atoms with Crippen molar-refractivity contribution in [1.82, 2.24) is 9.97 Å². The maximum atomic E-state index is 13.7. The minimum atomic E-state index is -4.53. The molecule has 1 saturated heterocycles. The second-order valence-electron chi connectivity index (χ2n) is 9.54. The van der Waals surface area contributed by atoms with Gasteiger partial charge in [-0.15, -0.1) is 0 Å². The summed E-state index contributed by atoms with van der Waals surface area (Å²) in [5.41, 5.74) is 1.60. The van der Waals surface area contributed by atoms with Gasteiger partial charge >= 0.3 is 12.3 Å². The lowest BCUT2D eigenvalue weighted by Crippen LogP contribution is -2.46. The number of nitrogens with zero attached hydrogens (tertiary/aromatic N) is 4. The van der Waals surface area contributed by atoms with Gasteiger partial charge in [0.15, 0.2) is 0 Å². The number of alkyl halides is 3. The molecule has 5 rings (SSSR count). The molecule has 1 fully saturated rings. The van der Waals surface area contributed by atoms with Crippen molar-refractivity contribution in [3.63, 3.8) is 0 Å². The van der Waals surface area contributed by atoms with Gasteiger partial charge in [0.25, 0.3) is 0 Å². The van der Waals surface area contributed by atoms with Gasteiger partial charge in [0.1, 0.15) is 6.61 Å². The molecule has 11 heteroatoms. The molecule has 0 bridgehead atoms. The predicted molar refractivity (Wildman–Crippen MR) is 141 cm³/mol. The Morgan fingerprint density at radius 2 is 1.82 bits per heavy atom. The summed E-state index contributed by atoms with van der Waals surface area (Å²) in [6.45, 7) is 4.73. The number of aromatic nitrogens is 2. The van der Waals surface area contributed by atoms with E-state index in [4.69, 9.17) is 9.47 Å². The first-order valence-electron chi connectivity index (χ1n) is 13.0. The van der Waals surface area contributed by atoms with Crippen LogP contribution in [0.4, 0.5) is 35.3 Å². The fourth-order valence-electron chi connectivity index (χ4n) is 4.99. The van der Waals surface area contributed by atoms with Gasteiger partial charge in [-0.05, 0) is 42.2 Å². The number of carbonyl (C=O) groups excluding carboxylic acids is 1. The van der Waals surface area contributed by atoms with Gasteiger partial charge in [0.05, 0.1) is 48.6 Å². The third-order valence-electron chi connectivity index (χ3n) is 7.05. The summed E-state index contributed by atoms with van der Waals surface area (Å²) in [5.74, 6) is 0.301. The molecule has 2 atom stereocenters. The van der Waals surface area contributed by atoms with Crippen molar-refractivity contribution in [2.75, 3.05) is 41.4 Å². The molecular formula is C28H30F3N5O3. The number of hydrogen-bond donors (Lipinski definition) is 1. The van der Waals surface area contributed by atoms with E-state index in [1.54, 1.807) is 12.4 Å². The number of amides is 1. The van der Waals surface area contributed by atoms with Gasteiger partial charge in [-0.3, -0.25) is 4.90 Å². The summed E-state index contributed by atoms with van der Waals surface area (Å²) in [4.78, 5) is 25.7. The van der Waals surface area contributed by atoms with E-state index in [1.807, 2.05) is 37.3 Å². The average molecular weight is 542 g/mol. The molecule has 0 aliphatic carbocycles. The number of fused-ring (bicyclic) bond motifs is 1. The largest absolute Gasteiger partial charge is 0.444 e. The fourth-order valence-corrected chi connectivity index (χ4v) is 4.99. The van der Waals surface area contributed by atoms with Crippen molar-refractivity contribution in [3.05, 3.63) is 77.6 Å². The highest BCUT2D eigenvalue weighted by atomic mass is 19.4. The first-order chi connectivity index (χ1) is 18.8. The van der Waals surface area contributed by atoms with Crippen LogP contribution in [0.1, 0.15) is 42.5 Å². The lowest BCUT2D eigenvalue weighted by Gasteiger charge is -2.40. The molecular weight excluding hydrogens is 511 g/mol. The maximum Gasteiger partial charge on any atom is 0.416 e. The zero-order valence-electron chi connectivity index (χ0n) is 21.5. The van der Waals surface area contributed by atoms with Gasteiger partial charge in [-0.1, -0.05) is 37.3 Å². The van der Waals surface area contributed by atoms with Crippen LogP contribution in [0.3, 0.4) is 0 Å². The van der Waals surface area contributed by atoms with Gasteiger partial charge in [0, 0.05) is 19.1 Å². The van der Waals surface area contributed by atoms with Gasteiger partial charge in [-0.25, -0.2) is 14.8 Å². The second-order valence-corrected chi connectivity index (χ2v) is 9.54. The summed E-state index contributed by atoms with van der Waals surface area (Å²) in [6.07, 6.45) is -0.801. The lowest BCUT2D eigenvalue weighted by atomic mass is 9.89. The Morgan fingerprint density at radius 1 is 1.10 bits per heavy atom. The van der Waals surface area contributed by atoms with Crippen molar-refractivity contribution >= 4 is 23.4 Å². The molecule has 1 amide bonds. The van der Waals surface area contributed by atoms with Crippen molar-refractivity contribution in [2.24, 2.45) is 0 Å². The quantitative estimate of drug-likeness (QED) is 0.422. The molecule has 1 aromatic heterocycles. The molecule has 0 saturated carbocycles. The molecule has 2 aromatic carbocycles. The van der Waals surface area contributed by atoms with Crippen LogP contribution in [0.2, 0.25) is 0 Å². The van der Waals surface area contributed by atoms with E-state index >= 15 is 0 Å². The third kappa shape index (κ3) is 6.08. The highest BCUT2D eigenvalue weighted by Crippen LogP contribution is 2.43. The van der Waals surface area contributed by atoms with E-state index in [1.165, 1.54) is 11.0 Å². The molecule has 3 aromatic rings. The van der Waals surface area contributed by atoms with E-state index in [9.17, 15) is 18.0 Å². The zero-order chi connectivity index (χ0) is 27.4. The minimum absolute atomic E-state index is 0.0631. The van der Waals surface area contributed by atoms with E-state index in [-0.39, 0.29) is 12.6 Å². The number of benzene rings is 2. The number of carbonyl (C=O) groups is 1. The van der Waals surface area contributed by atoms with E-state index in [0.29, 0.717) is 43.3 Å². The fraction of sp³-hybridized carbons (Fsp3) is 0.393. The zero-order valence-corrected chi connectivity index (χ0v) is 21.5. The van der Waals surface area contributed by atoms with Crippen LogP contribution in [0, 0.1) is 0 Å². The van der Waals surface area contributed by atoms with Crippen LogP contribution < -0.4 is 15.1 Å². The maximum absolute atomic E-state index is 13.7. The number of rotatable bonds is 6. The summed E-state index contributed by atoms with van der Waals surface area (Å²) < 4.78 is 52.0. The second kappa shape index (κ2) is 11.5. The summed E-state index contributed by atoms with van der Waals surface area (Å²) >= 11 is 0. The Hall–Kier alpha value is -3.86. The number of morpholine rings is 1. The lowest BCUT2D eigenvalue weighted by molar-refractivity contribution is -0.137. The van der Waals surface area contributed by atoms with Crippen molar-refractivity contribution in [2.45, 2.75) is 44.6 Å². The molecule has 39 heavy (non-hydrogen) atoms. The molecule has 0 spiro atoms. The van der Waals surface area contributed by atoms with Crippen LogP contribution in [-0.4, -0.2) is 48.4 Å². The van der Waals surface area contributed by atoms with Crippen LogP contribution in [0.25, 0.3) is 0 Å². The van der Waals surface area contributed by atoms with Crippen LogP contribution in [0.15, 0.2) is 60.9 Å². The highest BCUT2D eigenvalue weighted by molar-refractivity contribution is 5.90. The number of nitrogens with one attached hydrogen (secondary N) is 1. The molecule has 2 aliphatic rings. The summed E-state index contributed by atoms with van der Waals surface area (Å²) in [7, 11) is 0. The SMILES string of the molecule is CCC1CC(Nc2ncc(N3CCOCC3)cn2)c2cc(C(F)(F)F)ccc2N1C(=O)OCc1ccccc1. The third-order valence-corrected chi connectivity index (χ3v) is 7.05. The Morgan fingerprint density at radius 3 is 2.49 bits per heavy atom. The van der Waals surface area contributed by atoms with Gasteiger partial charge in [0.2, 0.25) is 5.95 Å². The van der Waals surface area contributed by atoms with Crippen LogP contribution in [0.5, 0.6) is 0 Å². The molecule has 2 aliphatic heterocycles. The minimum Gasteiger partial charge on any atom is -0.444 e. The molecule has 2 unspecified atom stereocenters. The summed E-state index contributed by atoms with van der Waals surface area (Å²) in [5, 5.41) is 3.22. The van der Waals surface area contributed by atoms with Crippen molar-refractivity contribution in [3.8, 4) is 0 Å².